The second-order valence-electron chi connectivity index (χ2n) is 6.59. The van der Waals surface area contributed by atoms with Gasteiger partial charge in [0, 0.05) is 24.5 Å². The van der Waals surface area contributed by atoms with Gasteiger partial charge in [0.05, 0.1) is 6.10 Å². The van der Waals surface area contributed by atoms with E-state index in [1.54, 1.807) is 12.1 Å². The van der Waals surface area contributed by atoms with Gasteiger partial charge < -0.3 is 15.8 Å². The first-order chi connectivity index (χ1) is 9.87. The molecule has 3 rings (SSSR count). The molecule has 0 aromatic heterocycles. The molecule has 1 amide bonds. The number of hydrogen-bond donors (Lipinski definition) is 2. The molecule has 2 aliphatic rings. The van der Waals surface area contributed by atoms with Crippen molar-refractivity contribution in [1.82, 2.24) is 5.32 Å². The number of hydrogen-bond acceptors (Lipinski definition) is 3. The summed E-state index contributed by atoms with van der Waals surface area (Å²) in [7, 11) is 0. The van der Waals surface area contributed by atoms with Crippen LogP contribution in [0, 0.1) is 17.2 Å². The SMILES string of the molecule is CC1(C)C2OCCC2C1(N)C(=O)NCc1cccc(F)c1. The van der Waals surface area contributed by atoms with E-state index in [1.165, 1.54) is 12.1 Å². The van der Waals surface area contributed by atoms with E-state index in [1.807, 2.05) is 13.8 Å². The summed E-state index contributed by atoms with van der Waals surface area (Å²) in [6.07, 6.45) is 0.875. The molecule has 0 spiro atoms. The number of nitrogens with one attached hydrogen (secondary N) is 1. The molecule has 1 saturated carbocycles. The number of amides is 1. The highest BCUT2D eigenvalue weighted by Gasteiger charge is 2.71. The molecule has 1 saturated heterocycles. The molecule has 3 atom stereocenters. The number of rotatable bonds is 3. The summed E-state index contributed by atoms with van der Waals surface area (Å²) in [5.74, 6) is -0.416. The van der Waals surface area contributed by atoms with Gasteiger partial charge in [-0.3, -0.25) is 4.79 Å². The average molecular weight is 292 g/mol. The first-order valence-electron chi connectivity index (χ1n) is 7.30. The van der Waals surface area contributed by atoms with Crippen LogP contribution in [0.15, 0.2) is 24.3 Å². The van der Waals surface area contributed by atoms with Crippen molar-refractivity contribution >= 4 is 5.91 Å². The zero-order valence-corrected chi connectivity index (χ0v) is 12.4. The molecule has 2 fully saturated rings. The minimum Gasteiger partial charge on any atom is -0.377 e. The third-order valence-corrected chi connectivity index (χ3v) is 5.17. The van der Waals surface area contributed by atoms with Crippen LogP contribution >= 0.6 is 0 Å². The van der Waals surface area contributed by atoms with Crippen molar-refractivity contribution in [3.63, 3.8) is 0 Å². The van der Waals surface area contributed by atoms with Gasteiger partial charge in [-0.25, -0.2) is 4.39 Å². The standard InChI is InChI=1S/C16H21FN2O2/c1-15(2)13-12(6-7-21-13)16(15,18)14(20)19-9-10-4-3-5-11(17)8-10/h3-5,8,12-13H,6-7,9,18H2,1-2H3,(H,19,20). The highest BCUT2D eigenvalue weighted by molar-refractivity contribution is 5.89. The molecule has 1 aliphatic carbocycles. The van der Waals surface area contributed by atoms with Crippen LogP contribution in [0.1, 0.15) is 25.8 Å². The molecule has 4 nitrogen and oxygen atoms in total. The first-order valence-corrected chi connectivity index (χ1v) is 7.30. The van der Waals surface area contributed by atoms with Crippen molar-refractivity contribution in [2.45, 2.75) is 38.5 Å². The highest BCUT2D eigenvalue weighted by Crippen LogP contribution is 2.58. The topological polar surface area (TPSA) is 64.3 Å². The Morgan fingerprint density at radius 3 is 3.00 bits per heavy atom. The molecule has 0 bridgehead atoms. The highest BCUT2D eigenvalue weighted by atomic mass is 19.1. The van der Waals surface area contributed by atoms with Crippen LogP contribution in [0.3, 0.4) is 0 Å². The molecule has 1 heterocycles. The Balaban J connectivity index is 1.70. The second kappa shape index (κ2) is 4.78. The zero-order valence-electron chi connectivity index (χ0n) is 12.4. The van der Waals surface area contributed by atoms with E-state index < -0.39 is 5.54 Å². The van der Waals surface area contributed by atoms with Crippen LogP contribution in [-0.2, 0) is 16.1 Å². The third-order valence-electron chi connectivity index (χ3n) is 5.17. The average Bonchev–Trinajstić information content (AvgIpc) is 2.92. The normalized spacial score (nSPS) is 33.1. The number of nitrogens with two attached hydrogens (primary N) is 1. The van der Waals surface area contributed by atoms with Gasteiger partial charge in [-0.15, -0.1) is 0 Å². The quantitative estimate of drug-likeness (QED) is 0.889. The molecule has 1 aliphatic heterocycles. The van der Waals surface area contributed by atoms with Gasteiger partial charge in [-0.2, -0.15) is 0 Å². The molecule has 3 N–H and O–H groups in total. The minimum atomic E-state index is -0.915. The van der Waals surface area contributed by atoms with E-state index in [0.29, 0.717) is 6.61 Å². The summed E-state index contributed by atoms with van der Waals surface area (Å²) >= 11 is 0. The van der Waals surface area contributed by atoms with Crippen LogP contribution in [-0.4, -0.2) is 24.2 Å². The Bertz CT molecular complexity index is 575. The molecular weight excluding hydrogens is 271 g/mol. The van der Waals surface area contributed by atoms with Gasteiger partial charge in [0.25, 0.3) is 0 Å². The number of benzene rings is 1. The van der Waals surface area contributed by atoms with Crippen LogP contribution < -0.4 is 11.1 Å². The first kappa shape index (κ1) is 14.5. The molecule has 114 valence electrons. The van der Waals surface area contributed by atoms with E-state index in [0.717, 1.165) is 12.0 Å². The van der Waals surface area contributed by atoms with Crippen molar-refractivity contribution in [2.75, 3.05) is 6.61 Å². The molecule has 1 aromatic rings. The molecule has 21 heavy (non-hydrogen) atoms. The fourth-order valence-corrected chi connectivity index (χ4v) is 3.82. The number of ether oxygens (including phenoxy) is 1. The van der Waals surface area contributed by atoms with Crippen molar-refractivity contribution in [3.8, 4) is 0 Å². The lowest BCUT2D eigenvalue weighted by atomic mass is 9.48. The molecule has 5 heteroatoms. The largest absolute Gasteiger partial charge is 0.377 e. The van der Waals surface area contributed by atoms with E-state index >= 15 is 0 Å². The lowest BCUT2D eigenvalue weighted by molar-refractivity contribution is -0.175. The summed E-state index contributed by atoms with van der Waals surface area (Å²) < 4.78 is 18.8. The maximum absolute atomic E-state index is 13.1. The van der Waals surface area contributed by atoms with E-state index in [-0.39, 0.29) is 35.7 Å². The van der Waals surface area contributed by atoms with Gasteiger partial charge in [-0.1, -0.05) is 26.0 Å². The fraction of sp³-hybridized carbons (Fsp3) is 0.562. The van der Waals surface area contributed by atoms with E-state index in [9.17, 15) is 9.18 Å². The van der Waals surface area contributed by atoms with Crippen LogP contribution in [0.2, 0.25) is 0 Å². The van der Waals surface area contributed by atoms with Gasteiger partial charge in [0.2, 0.25) is 5.91 Å². The lowest BCUT2D eigenvalue weighted by Crippen LogP contribution is -2.80. The number of carbonyl (C=O) groups excluding carboxylic acids is 1. The van der Waals surface area contributed by atoms with Gasteiger partial charge in [0.1, 0.15) is 11.4 Å². The summed E-state index contributed by atoms with van der Waals surface area (Å²) in [5, 5.41) is 2.85. The molecule has 1 aromatic carbocycles. The van der Waals surface area contributed by atoms with Gasteiger partial charge >= 0.3 is 0 Å². The van der Waals surface area contributed by atoms with Crippen molar-refractivity contribution in [3.05, 3.63) is 35.6 Å². The van der Waals surface area contributed by atoms with Crippen LogP contribution in [0.5, 0.6) is 0 Å². The molecule has 0 radical (unpaired) electrons. The fourth-order valence-electron chi connectivity index (χ4n) is 3.82. The zero-order chi connectivity index (χ0) is 15.3. The van der Waals surface area contributed by atoms with Gasteiger partial charge in [-0.05, 0) is 24.1 Å². The Morgan fingerprint density at radius 1 is 1.52 bits per heavy atom. The maximum Gasteiger partial charge on any atom is 0.241 e. The van der Waals surface area contributed by atoms with Crippen molar-refractivity contribution in [2.24, 2.45) is 17.1 Å². The third kappa shape index (κ3) is 1.99. The summed E-state index contributed by atoms with van der Waals surface area (Å²) in [4.78, 5) is 12.6. The maximum atomic E-state index is 13.1. The Kier molecular flexibility index (Phi) is 3.30. The van der Waals surface area contributed by atoms with Crippen molar-refractivity contribution < 1.29 is 13.9 Å². The van der Waals surface area contributed by atoms with E-state index in [2.05, 4.69) is 5.32 Å². The predicted molar refractivity (Wildman–Crippen MR) is 76.8 cm³/mol. The summed E-state index contributed by atoms with van der Waals surface area (Å²) in [6, 6.07) is 6.20. The molecule has 3 unspecified atom stereocenters. The Labute approximate surface area is 123 Å². The molecular formula is C16H21FN2O2. The monoisotopic (exact) mass is 292 g/mol. The second-order valence-corrected chi connectivity index (χ2v) is 6.59. The van der Waals surface area contributed by atoms with Crippen LogP contribution in [0.25, 0.3) is 0 Å². The number of fused-ring (bicyclic) bond motifs is 1. The van der Waals surface area contributed by atoms with Gasteiger partial charge in [0.15, 0.2) is 0 Å². The Morgan fingerprint density at radius 2 is 2.29 bits per heavy atom. The minimum absolute atomic E-state index is 0.0578. The number of carbonyl (C=O) groups is 1. The predicted octanol–water partition coefficient (Wildman–Crippen LogP) is 1.58. The Hall–Kier alpha value is -1.46. The van der Waals surface area contributed by atoms with Crippen LogP contribution in [0.4, 0.5) is 4.39 Å². The lowest BCUT2D eigenvalue weighted by Gasteiger charge is -2.60. The van der Waals surface area contributed by atoms with Crippen molar-refractivity contribution in [1.29, 1.82) is 0 Å². The smallest absolute Gasteiger partial charge is 0.241 e. The summed E-state index contributed by atoms with van der Waals surface area (Å²) in [6.45, 7) is 4.89. The number of halogens is 1. The summed E-state index contributed by atoms with van der Waals surface area (Å²) in [5.41, 5.74) is 5.86. The van der Waals surface area contributed by atoms with E-state index in [4.69, 9.17) is 10.5 Å².